The van der Waals surface area contributed by atoms with Crippen LogP contribution >= 0.6 is 11.6 Å². The van der Waals surface area contributed by atoms with E-state index in [1.807, 2.05) is 42.5 Å². The lowest BCUT2D eigenvalue weighted by Gasteiger charge is -2.20. The molecule has 0 aromatic heterocycles. The van der Waals surface area contributed by atoms with Gasteiger partial charge < -0.3 is 10.1 Å². The summed E-state index contributed by atoms with van der Waals surface area (Å²) in [5, 5.41) is 3.81. The largest absolute Gasteiger partial charge is 0.384 e. The molecule has 1 atom stereocenters. The zero-order chi connectivity index (χ0) is 17.7. The van der Waals surface area contributed by atoms with Crippen LogP contribution in [0.1, 0.15) is 36.3 Å². The molecule has 4 heteroatoms. The third-order valence-electron chi connectivity index (χ3n) is 4.93. The van der Waals surface area contributed by atoms with Gasteiger partial charge in [0.2, 0.25) is 5.91 Å². The van der Waals surface area contributed by atoms with Gasteiger partial charge in [0.05, 0.1) is 6.61 Å². The first-order valence-electron chi connectivity index (χ1n) is 8.68. The second-order valence-corrected chi connectivity index (χ2v) is 7.37. The maximum absolute atomic E-state index is 12.6. The van der Waals surface area contributed by atoms with E-state index in [2.05, 4.69) is 17.4 Å². The van der Waals surface area contributed by atoms with Gasteiger partial charge in [0.15, 0.2) is 0 Å². The summed E-state index contributed by atoms with van der Waals surface area (Å²) < 4.78 is 5.27. The fraction of sp³-hybridized carbons (Fsp3) is 0.381. The quantitative estimate of drug-likeness (QED) is 0.760. The van der Waals surface area contributed by atoms with E-state index < -0.39 is 0 Å². The summed E-state index contributed by atoms with van der Waals surface area (Å²) in [6.45, 7) is 1.41. The molecule has 1 unspecified atom stereocenters. The van der Waals surface area contributed by atoms with Gasteiger partial charge in [0.1, 0.15) is 0 Å². The number of amides is 1. The van der Waals surface area contributed by atoms with Crippen molar-refractivity contribution in [2.75, 3.05) is 20.3 Å². The fourth-order valence-electron chi connectivity index (χ4n) is 3.21. The smallest absolute Gasteiger partial charge is 0.220 e. The highest BCUT2D eigenvalue weighted by Gasteiger charge is 2.42. The van der Waals surface area contributed by atoms with E-state index in [4.69, 9.17) is 16.3 Å². The minimum atomic E-state index is 0.0241. The van der Waals surface area contributed by atoms with Gasteiger partial charge in [-0.15, -0.1) is 0 Å². The zero-order valence-electron chi connectivity index (χ0n) is 14.5. The van der Waals surface area contributed by atoms with E-state index in [9.17, 15) is 4.79 Å². The van der Waals surface area contributed by atoms with Crippen molar-refractivity contribution < 1.29 is 9.53 Å². The summed E-state index contributed by atoms with van der Waals surface area (Å²) in [5.74, 6) is 0.0993. The molecule has 1 amide bonds. The van der Waals surface area contributed by atoms with Crippen molar-refractivity contribution >= 4 is 17.5 Å². The molecule has 0 spiro atoms. The number of benzene rings is 2. The summed E-state index contributed by atoms with van der Waals surface area (Å²) in [6.07, 6.45) is 2.68. The first-order chi connectivity index (χ1) is 12.1. The van der Waals surface area contributed by atoms with Crippen LogP contribution in [-0.2, 0) is 9.53 Å². The molecule has 1 fully saturated rings. The number of hydrogen-bond acceptors (Lipinski definition) is 2. The van der Waals surface area contributed by atoms with E-state index in [-0.39, 0.29) is 17.2 Å². The molecule has 3 nitrogen and oxygen atoms in total. The third kappa shape index (κ3) is 4.83. The van der Waals surface area contributed by atoms with Gasteiger partial charge in [-0.25, -0.2) is 0 Å². The number of ether oxygens (including phenoxy) is 1. The molecule has 0 bridgehead atoms. The van der Waals surface area contributed by atoms with E-state index in [0.29, 0.717) is 24.6 Å². The molecule has 2 aromatic carbocycles. The van der Waals surface area contributed by atoms with Gasteiger partial charge in [-0.3, -0.25) is 4.79 Å². The molecule has 0 aliphatic heterocycles. The Balaban J connectivity index is 1.69. The Bertz CT molecular complexity index is 696. The van der Waals surface area contributed by atoms with Crippen molar-refractivity contribution in [2.45, 2.75) is 25.2 Å². The van der Waals surface area contributed by atoms with E-state index in [1.54, 1.807) is 7.11 Å². The summed E-state index contributed by atoms with van der Waals surface area (Å²) in [6, 6.07) is 17.9. The first kappa shape index (κ1) is 18.0. The summed E-state index contributed by atoms with van der Waals surface area (Å²) in [4.78, 5) is 12.6. The monoisotopic (exact) mass is 357 g/mol. The second-order valence-electron chi connectivity index (χ2n) is 6.93. The van der Waals surface area contributed by atoms with Gasteiger partial charge in [-0.1, -0.05) is 54.1 Å². The number of hydrogen-bond donors (Lipinski definition) is 1. The van der Waals surface area contributed by atoms with Crippen molar-refractivity contribution in [1.29, 1.82) is 0 Å². The van der Waals surface area contributed by atoms with Crippen molar-refractivity contribution in [1.82, 2.24) is 5.32 Å². The van der Waals surface area contributed by atoms with Gasteiger partial charge in [0.25, 0.3) is 0 Å². The normalized spacial score (nSPS) is 16.2. The highest BCUT2D eigenvalue weighted by molar-refractivity contribution is 6.30. The Morgan fingerprint density at radius 3 is 2.36 bits per heavy atom. The Hall–Kier alpha value is -1.84. The molecule has 2 aromatic rings. The van der Waals surface area contributed by atoms with Crippen LogP contribution in [0.2, 0.25) is 5.02 Å². The number of carbonyl (C=O) groups is 1. The number of halogens is 1. The van der Waals surface area contributed by atoms with Crippen LogP contribution in [0.4, 0.5) is 0 Å². The fourth-order valence-corrected chi connectivity index (χ4v) is 3.33. The molecule has 1 saturated carbocycles. The average Bonchev–Trinajstić information content (AvgIpc) is 3.40. The van der Waals surface area contributed by atoms with Crippen LogP contribution < -0.4 is 5.32 Å². The van der Waals surface area contributed by atoms with Gasteiger partial charge in [-0.05, 0) is 36.1 Å². The first-order valence-corrected chi connectivity index (χ1v) is 9.06. The molecule has 25 heavy (non-hydrogen) atoms. The highest BCUT2D eigenvalue weighted by Crippen LogP contribution is 2.45. The van der Waals surface area contributed by atoms with Crippen LogP contribution in [-0.4, -0.2) is 26.2 Å². The molecule has 0 heterocycles. The van der Waals surface area contributed by atoms with Crippen molar-refractivity contribution in [2.24, 2.45) is 5.41 Å². The number of methoxy groups -OCH3 is 1. The average molecular weight is 358 g/mol. The molecule has 3 rings (SSSR count). The van der Waals surface area contributed by atoms with E-state index in [0.717, 1.165) is 24.0 Å². The standard InChI is InChI=1S/C21H24ClNO2/c1-25-15-21(11-12-21)14-23-20(24)13-19(16-5-3-2-4-6-16)17-7-9-18(22)10-8-17/h2-10,19H,11-15H2,1H3,(H,23,24). The summed E-state index contributed by atoms with van der Waals surface area (Å²) in [7, 11) is 1.72. The van der Waals surface area contributed by atoms with E-state index >= 15 is 0 Å². The predicted molar refractivity (Wildman–Crippen MR) is 101 cm³/mol. The zero-order valence-corrected chi connectivity index (χ0v) is 15.3. The Kier molecular flexibility index (Phi) is 5.77. The highest BCUT2D eigenvalue weighted by atomic mass is 35.5. The molecule has 1 aliphatic carbocycles. The van der Waals surface area contributed by atoms with Crippen LogP contribution in [0.3, 0.4) is 0 Å². The Morgan fingerprint density at radius 1 is 1.12 bits per heavy atom. The lowest BCUT2D eigenvalue weighted by Crippen LogP contribution is -2.33. The Labute approximate surface area is 154 Å². The topological polar surface area (TPSA) is 38.3 Å². The van der Waals surface area contributed by atoms with E-state index in [1.165, 1.54) is 0 Å². The Morgan fingerprint density at radius 2 is 1.76 bits per heavy atom. The molecule has 132 valence electrons. The maximum Gasteiger partial charge on any atom is 0.220 e. The lowest BCUT2D eigenvalue weighted by molar-refractivity contribution is -0.121. The summed E-state index contributed by atoms with van der Waals surface area (Å²) in [5.41, 5.74) is 2.40. The van der Waals surface area contributed by atoms with Crippen LogP contribution in [0.25, 0.3) is 0 Å². The summed E-state index contributed by atoms with van der Waals surface area (Å²) >= 11 is 6.01. The lowest BCUT2D eigenvalue weighted by atomic mass is 9.88. The molecule has 0 radical (unpaired) electrons. The molecule has 0 saturated heterocycles. The van der Waals surface area contributed by atoms with Crippen LogP contribution in [0.15, 0.2) is 54.6 Å². The predicted octanol–water partition coefficient (Wildman–Crippen LogP) is 4.40. The van der Waals surface area contributed by atoms with Gasteiger partial charge >= 0.3 is 0 Å². The van der Waals surface area contributed by atoms with Crippen LogP contribution in [0.5, 0.6) is 0 Å². The second kappa shape index (κ2) is 8.03. The SMILES string of the molecule is COCC1(CNC(=O)CC(c2ccccc2)c2ccc(Cl)cc2)CC1. The van der Waals surface area contributed by atoms with Crippen LogP contribution in [0, 0.1) is 5.41 Å². The number of carbonyl (C=O) groups excluding carboxylic acids is 1. The third-order valence-corrected chi connectivity index (χ3v) is 5.18. The van der Waals surface area contributed by atoms with Crippen molar-refractivity contribution in [3.05, 3.63) is 70.7 Å². The molecule has 1 aliphatic rings. The number of nitrogens with one attached hydrogen (secondary N) is 1. The maximum atomic E-state index is 12.6. The minimum absolute atomic E-state index is 0.0241. The molecule has 1 N–H and O–H groups in total. The van der Waals surface area contributed by atoms with Gasteiger partial charge in [0, 0.05) is 36.4 Å². The van der Waals surface area contributed by atoms with Gasteiger partial charge in [-0.2, -0.15) is 0 Å². The molecular weight excluding hydrogens is 334 g/mol. The molecular formula is C21H24ClNO2. The minimum Gasteiger partial charge on any atom is -0.384 e. The number of rotatable bonds is 8. The van der Waals surface area contributed by atoms with Crippen molar-refractivity contribution in [3.8, 4) is 0 Å². The van der Waals surface area contributed by atoms with Crippen molar-refractivity contribution in [3.63, 3.8) is 0 Å².